The zero-order valence-electron chi connectivity index (χ0n) is 9.76. The molecule has 1 amide bonds. The average molecular weight is 333 g/mol. The molecule has 0 radical (unpaired) electrons. The Kier molecular flexibility index (Phi) is 3.31. The molecule has 1 aromatic carbocycles. The van der Waals surface area contributed by atoms with Gasteiger partial charge in [-0.3, -0.25) is 4.79 Å². The molecule has 1 N–H and O–H groups in total. The lowest BCUT2D eigenvalue weighted by molar-refractivity contribution is 0.102. The Morgan fingerprint density at radius 1 is 1.26 bits per heavy atom. The second-order valence-electron chi connectivity index (χ2n) is 3.96. The molecule has 2 aromatic heterocycles. The maximum atomic E-state index is 12.2. The highest BCUT2D eigenvalue weighted by Crippen LogP contribution is 2.26. The number of amides is 1. The second kappa shape index (κ2) is 5.11. The van der Waals surface area contributed by atoms with Crippen LogP contribution in [0.25, 0.3) is 10.1 Å². The van der Waals surface area contributed by atoms with Crippen LogP contribution >= 0.6 is 27.3 Å². The molecule has 0 aliphatic heterocycles. The lowest BCUT2D eigenvalue weighted by Gasteiger charge is -2.03. The molecule has 0 bridgehead atoms. The first-order valence-electron chi connectivity index (χ1n) is 5.63. The molecule has 5 heteroatoms. The quantitative estimate of drug-likeness (QED) is 0.759. The van der Waals surface area contributed by atoms with Gasteiger partial charge in [-0.25, -0.2) is 4.98 Å². The third-order valence-corrected chi connectivity index (χ3v) is 4.15. The van der Waals surface area contributed by atoms with Crippen molar-refractivity contribution in [3.63, 3.8) is 0 Å². The normalized spacial score (nSPS) is 10.6. The number of halogens is 1. The summed E-state index contributed by atoms with van der Waals surface area (Å²) in [4.78, 5) is 16.4. The molecule has 0 saturated carbocycles. The van der Waals surface area contributed by atoms with Crippen molar-refractivity contribution in [2.24, 2.45) is 0 Å². The number of nitrogens with zero attached hydrogens (tertiary/aromatic N) is 1. The molecular formula is C14H9BrN2OS. The summed E-state index contributed by atoms with van der Waals surface area (Å²) in [6, 6.07) is 11.4. The fraction of sp³-hybridized carbons (Fsp3) is 0. The lowest BCUT2D eigenvalue weighted by Crippen LogP contribution is -2.12. The molecule has 0 fully saturated rings. The van der Waals surface area contributed by atoms with E-state index >= 15 is 0 Å². The largest absolute Gasteiger partial charge is 0.306 e. The minimum Gasteiger partial charge on any atom is -0.306 e. The smallest absolute Gasteiger partial charge is 0.258 e. The fourth-order valence-corrected chi connectivity index (χ4v) is 3.09. The Morgan fingerprint density at radius 3 is 2.95 bits per heavy atom. The summed E-state index contributed by atoms with van der Waals surface area (Å²) in [6.45, 7) is 0. The monoisotopic (exact) mass is 332 g/mol. The van der Waals surface area contributed by atoms with Gasteiger partial charge >= 0.3 is 0 Å². The molecule has 0 saturated heterocycles. The molecule has 3 aromatic rings. The number of hydrogen-bond donors (Lipinski definition) is 1. The van der Waals surface area contributed by atoms with E-state index in [0.29, 0.717) is 11.4 Å². The van der Waals surface area contributed by atoms with Gasteiger partial charge in [-0.15, -0.1) is 11.3 Å². The number of hydrogen-bond acceptors (Lipinski definition) is 3. The molecular weight excluding hydrogens is 324 g/mol. The number of thiophene rings is 1. The van der Waals surface area contributed by atoms with Crippen molar-refractivity contribution in [3.8, 4) is 0 Å². The summed E-state index contributed by atoms with van der Waals surface area (Å²) in [5.41, 5.74) is 0.683. The van der Waals surface area contributed by atoms with Crippen molar-refractivity contribution >= 4 is 49.1 Å². The molecule has 0 unspecified atom stereocenters. The van der Waals surface area contributed by atoms with Crippen molar-refractivity contribution in [2.45, 2.75) is 0 Å². The standard InChI is InChI=1S/C14H9BrN2OS/c15-9-5-6-16-13(7-9)17-14(18)11-8-19-12-4-2-1-3-10(11)12/h1-8H,(H,16,17,18). The number of carbonyl (C=O) groups is 1. The van der Waals surface area contributed by atoms with Gasteiger partial charge in [0.1, 0.15) is 5.82 Å². The summed E-state index contributed by atoms with van der Waals surface area (Å²) in [5, 5.41) is 5.65. The van der Waals surface area contributed by atoms with E-state index in [1.807, 2.05) is 35.7 Å². The first-order valence-corrected chi connectivity index (χ1v) is 7.30. The van der Waals surface area contributed by atoms with E-state index in [0.717, 1.165) is 14.6 Å². The van der Waals surface area contributed by atoms with E-state index in [1.165, 1.54) is 0 Å². The predicted octanol–water partition coefficient (Wildman–Crippen LogP) is 4.31. The van der Waals surface area contributed by atoms with Crippen LogP contribution in [0.5, 0.6) is 0 Å². The third kappa shape index (κ3) is 2.52. The number of nitrogens with one attached hydrogen (secondary N) is 1. The van der Waals surface area contributed by atoms with E-state index in [4.69, 9.17) is 0 Å². The van der Waals surface area contributed by atoms with E-state index < -0.39 is 0 Å². The Morgan fingerprint density at radius 2 is 2.11 bits per heavy atom. The third-order valence-electron chi connectivity index (χ3n) is 2.69. The van der Waals surface area contributed by atoms with E-state index in [9.17, 15) is 4.79 Å². The predicted molar refractivity (Wildman–Crippen MR) is 81.7 cm³/mol. The molecule has 0 aliphatic rings. The van der Waals surface area contributed by atoms with Gasteiger partial charge in [0.25, 0.3) is 5.91 Å². The molecule has 0 aliphatic carbocycles. The zero-order chi connectivity index (χ0) is 13.2. The zero-order valence-corrected chi connectivity index (χ0v) is 12.2. The molecule has 3 rings (SSSR count). The first kappa shape index (κ1) is 12.3. The number of fused-ring (bicyclic) bond motifs is 1. The second-order valence-corrected chi connectivity index (χ2v) is 5.79. The Hall–Kier alpha value is -1.72. The van der Waals surface area contributed by atoms with Gasteiger partial charge in [0.05, 0.1) is 5.56 Å². The number of anilines is 1. The SMILES string of the molecule is O=C(Nc1cc(Br)ccn1)c1csc2ccccc12. The van der Waals surface area contributed by atoms with Crippen LogP contribution in [-0.2, 0) is 0 Å². The van der Waals surface area contributed by atoms with Crippen LogP contribution in [0.3, 0.4) is 0 Å². The van der Waals surface area contributed by atoms with E-state index in [2.05, 4.69) is 26.2 Å². The van der Waals surface area contributed by atoms with Gasteiger partial charge in [-0.2, -0.15) is 0 Å². The van der Waals surface area contributed by atoms with Crippen molar-refractivity contribution < 1.29 is 4.79 Å². The summed E-state index contributed by atoms with van der Waals surface area (Å²) in [5.74, 6) is 0.401. The number of benzene rings is 1. The Balaban J connectivity index is 1.92. The summed E-state index contributed by atoms with van der Waals surface area (Å²) in [6.07, 6.45) is 1.64. The Labute approximate surface area is 122 Å². The number of aromatic nitrogens is 1. The van der Waals surface area contributed by atoms with E-state index in [-0.39, 0.29) is 5.91 Å². The summed E-state index contributed by atoms with van der Waals surface area (Å²) >= 11 is 4.92. The van der Waals surface area contributed by atoms with Crippen LogP contribution in [-0.4, -0.2) is 10.9 Å². The minimum atomic E-state index is -0.136. The maximum Gasteiger partial charge on any atom is 0.258 e. The minimum absolute atomic E-state index is 0.136. The van der Waals surface area contributed by atoms with Crippen LogP contribution < -0.4 is 5.32 Å². The van der Waals surface area contributed by atoms with Gasteiger partial charge in [-0.1, -0.05) is 34.1 Å². The van der Waals surface area contributed by atoms with E-state index in [1.54, 1.807) is 23.6 Å². The van der Waals surface area contributed by atoms with Gasteiger partial charge in [0, 0.05) is 26.1 Å². The Bertz CT molecular complexity index is 754. The van der Waals surface area contributed by atoms with Gasteiger partial charge in [-0.05, 0) is 18.2 Å². The highest BCUT2D eigenvalue weighted by Gasteiger charge is 2.12. The van der Waals surface area contributed by atoms with Gasteiger partial charge in [0.15, 0.2) is 0 Å². The molecule has 0 atom stereocenters. The van der Waals surface area contributed by atoms with Crippen LogP contribution in [0.15, 0.2) is 52.4 Å². The fourth-order valence-electron chi connectivity index (χ4n) is 1.81. The first-order chi connectivity index (χ1) is 9.24. The lowest BCUT2D eigenvalue weighted by atomic mass is 10.1. The topological polar surface area (TPSA) is 42.0 Å². The number of pyridine rings is 1. The van der Waals surface area contributed by atoms with Crippen molar-refractivity contribution in [1.82, 2.24) is 4.98 Å². The van der Waals surface area contributed by atoms with Crippen LogP contribution in [0.1, 0.15) is 10.4 Å². The maximum absolute atomic E-state index is 12.2. The van der Waals surface area contributed by atoms with Gasteiger partial charge in [0.2, 0.25) is 0 Å². The van der Waals surface area contributed by atoms with Crippen molar-refractivity contribution in [2.75, 3.05) is 5.32 Å². The molecule has 19 heavy (non-hydrogen) atoms. The van der Waals surface area contributed by atoms with Gasteiger partial charge < -0.3 is 5.32 Å². The average Bonchev–Trinajstić information content (AvgIpc) is 2.82. The highest BCUT2D eigenvalue weighted by molar-refractivity contribution is 9.10. The molecule has 3 nitrogen and oxygen atoms in total. The molecule has 2 heterocycles. The summed E-state index contributed by atoms with van der Waals surface area (Å²) < 4.78 is 1.99. The van der Waals surface area contributed by atoms with Crippen LogP contribution in [0, 0.1) is 0 Å². The van der Waals surface area contributed by atoms with Crippen LogP contribution in [0.2, 0.25) is 0 Å². The van der Waals surface area contributed by atoms with Crippen molar-refractivity contribution in [3.05, 3.63) is 58.0 Å². The van der Waals surface area contributed by atoms with Crippen molar-refractivity contribution in [1.29, 1.82) is 0 Å². The summed E-state index contributed by atoms with van der Waals surface area (Å²) in [7, 11) is 0. The van der Waals surface area contributed by atoms with Crippen LogP contribution in [0.4, 0.5) is 5.82 Å². The molecule has 0 spiro atoms. The highest BCUT2D eigenvalue weighted by atomic mass is 79.9. The number of rotatable bonds is 2. The molecule has 94 valence electrons. The number of carbonyl (C=O) groups excluding carboxylic acids is 1.